The van der Waals surface area contributed by atoms with Crippen molar-refractivity contribution >= 4 is 21.9 Å². The van der Waals surface area contributed by atoms with Crippen molar-refractivity contribution in [2.45, 2.75) is 34.0 Å². The van der Waals surface area contributed by atoms with E-state index in [1.54, 1.807) is 0 Å². The molecular weight excluding hydrogens is 346 g/mol. The maximum atomic E-state index is 11.0. The molecule has 0 saturated heterocycles. The average molecular weight is 364 g/mol. The Kier molecular flexibility index (Phi) is 5.55. The van der Waals surface area contributed by atoms with Crippen LogP contribution in [0.2, 0.25) is 0 Å². The van der Waals surface area contributed by atoms with Crippen molar-refractivity contribution in [1.82, 2.24) is 4.98 Å². The van der Waals surface area contributed by atoms with Crippen molar-refractivity contribution in [3.05, 3.63) is 57.3 Å². The summed E-state index contributed by atoms with van der Waals surface area (Å²) in [6.45, 7) is 5.87. The third-order valence-corrected chi connectivity index (χ3v) is 3.94. The van der Waals surface area contributed by atoms with Crippen molar-refractivity contribution in [3.8, 4) is 5.75 Å². The van der Waals surface area contributed by atoms with E-state index >= 15 is 0 Å². The second-order valence-corrected chi connectivity index (χ2v) is 5.73. The highest BCUT2D eigenvalue weighted by atomic mass is 79.9. The summed E-state index contributed by atoms with van der Waals surface area (Å²) in [4.78, 5) is 15.4. The molecule has 0 aliphatic rings. The van der Waals surface area contributed by atoms with Gasteiger partial charge in [-0.15, -0.1) is 0 Å². The predicted octanol–water partition coefficient (Wildman–Crippen LogP) is 4.10. The molecule has 0 amide bonds. The number of benzene rings is 1. The number of carbonyl (C=O) groups is 1. The molecule has 5 heteroatoms. The Morgan fingerprint density at radius 2 is 1.86 bits per heavy atom. The van der Waals surface area contributed by atoms with Crippen LogP contribution in [0, 0.1) is 13.8 Å². The molecule has 116 valence electrons. The van der Waals surface area contributed by atoms with Crippen LogP contribution in [-0.2, 0) is 22.7 Å². The van der Waals surface area contributed by atoms with Crippen LogP contribution in [0.25, 0.3) is 0 Å². The summed E-state index contributed by atoms with van der Waals surface area (Å²) in [7, 11) is 0. The summed E-state index contributed by atoms with van der Waals surface area (Å²) >= 11 is 3.42. The summed E-state index contributed by atoms with van der Waals surface area (Å²) in [5.41, 5.74) is 3.64. The number of esters is 1. The van der Waals surface area contributed by atoms with Gasteiger partial charge in [0.1, 0.15) is 23.6 Å². The van der Waals surface area contributed by atoms with Gasteiger partial charge >= 0.3 is 5.97 Å². The number of halogens is 1. The quantitative estimate of drug-likeness (QED) is 0.592. The van der Waals surface area contributed by atoms with Crippen LogP contribution < -0.4 is 4.74 Å². The molecule has 0 saturated carbocycles. The highest BCUT2D eigenvalue weighted by molar-refractivity contribution is 9.10. The molecule has 0 bridgehead atoms. The van der Waals surface area contributed by atoms with Gasteiger partial charge in [-0.25, -0.2) is 4.98 Å². The third kappa shape index (κ3) is 4.07. The lowest BCUT2D eigenvalue weighted by Gasteiger charge is -2.16. The predicted molar refractivity (Wildman–Crippen MR) is 87.7 cm³/mol. The van der Waals surface area contributed by atoms with Gasteiger partial charge in [0, 0.05) is 18.1 Å². The van der Waals surface area contributed by atoms with Gasteiger partial charge in [-0.2, -0.15) is 0 Å². The molecule has 2 aromatic rings. The van der Waals surface area contributed by atoms with E-state index in [4.69, 9.17) is 9.47 Å². The minimum Gasteiger partial charge on any atom is -0.487 e. The fourth-order valence-electron chi connectivity index (χ4n) is 2.11. The van der Waals surface area contributed by atoms with Crippen LogP contribution in [0.5, 0.6) is 5.75 Å². The third-order valence-electron chi connectivity index (χ3n) is 3.28. The van der Waals surface area contributed by atoms with E-state index in [1.165, 1.54) is 6.92 Å². The number of rotatable bonds is 5. The fourth-order valence-corrected chi connectivity index (χ4v) is 2.79. The van der Waals surface area contributed by atoms with Crippen LogP contribution in [0.3, 0.4) is 0 Å². The van der Waals surface area contributed by atoms with Crippen molar-refractivity contribution in [1.29, 1.82) is 0 Å². The van der Waals surface area contributed by atoms with Gasteiger partial charge in [0.25, 0.3) is 0 Å². The first kappa shape index (κ1) is 16.5. The molecule has 1 aromatic carbocycles. The summed E-state index contributed by atoms with van der Waals surface area (Å²) < 4.78 is 11.7. The molecule has 0 aliphatic heterocycles. The zero-order valence-corrected chi connectivity index (χ0v) is 14.4. The van der Waals surface area contributed by atoms with Gasteiger partial charge in [0.05, 0.1) is 5.69 Å². The maximum absolute atomic E-state index is 11.0. The van der Waals surface area contributed by atoms with Crippen LogP contribution >= 0.6 is 15.9 Å². The summed E-state index contributed by atoms with van der Waals surface area (Å²) in [5.74, 6) is 0.410. The fraction of sp³-hybridized carbons (Fsp3) is 0.294. The number of ether oxygens (including phenoxy) is 2. The minimum absolute atomic E-state index is 0.177. The van der Waals surface area contributed by atoms with Gasteiger partial charge in [-0.3, -0.25) is 4.79 Å². The van der Waals surface area contributed by atoms with Crippen LogP contribution in [0.1, 0.15) is 29.3 Å². The molecule has 0 atom stereocenters. The highest BCUT2D eigenvalue weighted by Crippen LogP contribution is 2.30. The van der Waals surface area contributed by atoms with E-state index in [-0.39, 0.29) is 12.6 Å². The number of aromatic nitrogens is 1. The zero-order valence-electron chi connectivity index (χ0n) is 12.9. The molecule has 2 rings (SSSR count). The Hall–Kier alpha value is -1.88. The minimum atomic E-state index is -0.321. The Balaban J connectivity index is 2.23. The van der Waals surface area contributed by atoms with Crippen molar-refractivity contribution in [3.63, 3.8) is 0 Å². The highest BCUT2D eigenvalue weighted by Gasteiger charge is 2.15. The average Bonchev–Trinajstić information content (AvgIpc) is 2.47. The van der Waals surface area contributed by atoms with Gasteiger partial charge < -0.3 is 9.47 Å². The van der Waals surface area contributed by atoms with Crippen LogP contribution in [0.15, 0.2) is 34.9 Å². The molecule has 0 radical (unpaired) electrons. The normalized spacial score (nSPS) is 10.4. The maximum Gasteiger partial charge on any atom is 0.302 e. The Morgan fingerprint density at radius 3 is 2.50 bits per heavy atom. The van der Waals surface area contributed by atoms with Crippen LogP contribution in [0.4, 0.5) is 0 Å². The lowest BCUT2D eigenvalue weighted by molar-refractivity contribution is -0.142. The lowest BCUT2D eigenvalue weighted by atomic mass is 10.1. The Labute approximate surface area is 138 Å². The van der Waals surface area contributed by atoms with E-state index in [1.807, 2.05) is 44.2 Å². The summed E-state index contributed by atoms with van der Waals surface area (Å²) in [5, 5.41) is 0. The SMILES string of the molecule is CC(=O)OCc1c(Br)nc(C)c(OCc2ccccc2)c1C. The molecule has 1 heterocycles. The number of pyridine rings is 1. The van der Waals surface area contributed by atoms with Crippen molar-refractivity contribution < 1.29 is 14.3 Å². The van der Waals surface area contributed by atoms with Crippen molar-refractivity contribution in [2.24, 2.45) is 0 Å². The first-order chi connectivity index (χ1) is 10.5. The summed E-state index contributed by atoms with van der Waals surface area (Å²) in [6, 6.07) is 9.95. The lowest BCUT2D eigenvalue weighted by Crippen LogP contribution is -2.07. The summed E-state index contributed by atoms with van der Waals surface area (Å²) in [6.07, 6.45) is 0. The number of hydrogen-bond acceptors (Lipinski definition) is 4. The smallest absolute Gasteiger partial charge is 0.302 e. The second-order valence-electron chi connectivity index (χ2n) is 4.98. The van der Waals surface area contributed by atoms with Crippen molar-refractivity contribution in [2.75, 3.05) is 0 Å². The topological polar surface area (TPSA) is 48.4 Å². The monoisotopic (exact) mass is 363 g/mol. The van der Waals surface area contributed by atoms with E-state index in [0.717, 1.165) is 28.1 Å². The number of nitrogens with zero attached hydrogens (tertiary/aromatic N) is 1. The van der Waals surface area contributed by atoms with E-state index in [9.17, 15) is 4.79 Å². The standard InChI is InChI=1S/C17H18BrNO3/c1-11-15(10-21-13(3)20)17(18)19-12(2)16(11)22-9-14-7-5-4-6-8-14/h4-8H,9-10H2,1-3H3. The van der Waals surface area contributed by atoms with Gasteiger partial charge in [-0.1, -0.05) is 30.3 Å². The van der Waals surface area contributed by atoms with Gasteiger partial charge in [0.15, 0.2) is 0 Å². The molecule has 0 aliphatic carbocycles. The zero-order chi connectivity index (χ0) is 16.1. The molecule has 0 spiro atoms. The van der Waals surface area contributed by atoms with E-state index in [0.29, 0.717) is 11.2 Å². The van der Waals surface area contributed by atoms with E-state index < -0.39 is 0 Å². The number of hydrogen-bond donors (Lipinski definition) is 0. The number of carbonyl (C=O) groups excluding carboxylic acids is 1. The molecule has 22 heavy (non-hydrogen) atoms. The molecule has 0 N–H and O–H groups in total. The molecule has 0 fully saturated rings. The largest absolute Gasteiger partial charge is 0.487 e. The first-order valence-corrected chi connectivity index (χ1v) is 7.74. The van der Waals surface area contributed by atoms with E-state index in [2.05, 4.69) is 20.9 Å². The molecule has 4 nitrogen and oxygen atoms in total. The molecular formula is C17H18BrNO3. The Morgan fingerprint density at radius 1 is 1.18 bits per heavy atom. The molecule has 0 unspecified atom stereocenters. The van der Waals surface area contributed by atoms with Gasteiger partial charge in [0.2, 0.25) is 0 Å². The van der Waals surface area contributed by atoms with Crippen LogP contribution in [-0.4, -0.2) is 11.0 Å². The second kappa shape index (κ2) is 7.40. The first-order valence-electron chi connectivity index (χ1n) is 6.94. The Bertz CT molecular complexity index is 671. The van der Waals surface area contributed by atoms with Gasteiger partial charge in [-0.05, 0) is 35.3 Å². The molecule has 1 aromatic heterocycles. The number of aryl methyl sites for hydroxylation is 1.